The number of aromatic amines is 1. The Morgan fingerprint density at radius 1 is 0.778 bits per heavy atom. The van der Waals surface area contributed by atoms with Crippen molar-refractivity contribution in [3.63, 3.8) is 0 Å². The van der Waals surface area contributed by atoms with Gasteiger partial charge in [0, 0.05) is 30.2 Å². The van der Waals surface area contributed by atoms with Crippen molar-refractivity contribution >= 4 is 16.6 Å². The molecule has 0 bridgehead atoms. The number of nitrogens with one attached hydrogen (secondary N) is 1. The third-order valence-electron chi connectivity index (χ3n) is 4.60. The predicted octanol–water partition coefficient (Wildman–Crippen LogP) is 4.44. The van der Waals surface area contributed by atoms with Gasteiger partial charge in [-0.25, -0.2) is 0 Å². The zero-order chi connectivity index (χ0) is 18.6. The molecule has 27 heavy (non-hydrogen) atoms. The molecule has 0 fully saturated rings. The van der Waals surface area contributed by atoms with Crippen molar-refractivity contribution in [2.45, 2.75) is 13.1 Å². The summed E-state index contributed by atoms with van der Waals surface area (Å²) in [4.78, 5) is 16.8. The highest BCUT2D eigenvalue weighted by Crippen LogP contribution is 2.27. The van der Waals surface area contributed by atoms with Crippen molar-refractivity contribution < 1.29 is 5.11 Å². The van der Waals surface area contributed by atoms with Gasteiger partial charge in [-0.1, -0.05) is 60.7 Å². The molecule has 0 aliphatic heterocycles. The van der Waals surface area contributed by atoms with E-state index >= 15 is 0 Å². The highest BCUT2D eigenvalue weighted by atomic mass is 16.3. The molecule has 4 rings (SSSR count). The van der Waals surface area contributed by atoms with E-state index in [1.54, 1.807) is 0 Å². The van der Waals surface area contributed by atoms with Crippen molar-refractivity contribution in [1.29, 1.82) is 0 Å². The molecule has 0 saturated carbocycles. The lowest BCUT2D eigenvalue weighted by molar-refractivity contribution is 0.480. The molecule has 134 valence electrons. The molecule has 4 heteroatoms. The molecule has 4 aromatic rings. The summed E-state index contributed by atoms with van der Waals surface area (Å²) in [6, 6.07) is 27.5. The summed E-state index contributed by atoms with van der Waals surface area (Å²) in [5.41, 5.74) is 3.71. The van der Waals surface area contributed by atoms with Crippen LogP contribution in [0.3, 0.4) is 0 Å². The molecule has 1 heterocycles. The smallest absolute Gasteiger partial charge is 0.252 e. The number of hydrogen-bond donors (Lipinski definition) is 2. The van der Waals surface area contributed by atoms with Crippen LogP contribution in [-0.4, -0.2) is 10.1 Å². The number of benzene rings is 3. The maximum absolute atomic E-state index is 11.7. The van der Waals surface area contributed by atoms with Gasteiger partial charge in [-0.3, -0.25) is 4.79 Å². The summed E-state index contributed by atoms with van der Waals surface area (Å²) in [6.07, 6.45) is 0. The molecule has 0 aliphatic carbocycles. The lowest BCUT2D eigenvalue weighted by Crippen LogP contribution is -2.22. The number of nitrogens with zero attached hydrogens (tertiary/aromatic N) is 1. The van der Waals surface area contributed by atoms with Gasteiger partial charge in [0.25, 0.3) is 5.56 Å². The van der Waals surface area contributed by atoms with Gasteiger partial charge in [-0.05, 0) is 29.3 Å². The average Bonchev–Trinajstić information content (AvgIpc) is 2.68. The van der Waals surface area contributed by atoms with Crippen LogP contribution in [-0.2, 0) is 13.1 Å². The Morgan fingerprint density at radius 3 is 1.96 bits per heavy atom. The molecule has 0 radical (unpaired) electrons. The number of H-pyrrole nitrogens is 1. The Balaban J connectivity index is 1.75. The largest absolute Gasteiger partial charge is 0.507 e. The van der Waals surface area contributed by atoms with Crippen LogP contribution >= 0.6 is 0 Å². The minimum absolute atomic E-state index is 0.00188. The van der Waals surface area contributed by atoms with E-state index in [1.807, 2.05) is 54.6 Å². The fourth-order valence-corrected chi connectivity index (χ4v) is 3.27. The number of anilines is 1. The summed E-state index contributed by atoms with van der Waals surface area (Å²) in [5.74, 6) is -0.00188. The standard InChI is InChI=1S/C23H20N2O2/c26-22-14-23(27)24-21-13-19(11-12-20(21)22)25(15-17-7-3-1-4-8-17)16-18-9-5-2-6-10-18/h1-14H,15-16H2,(H2,24,26,27). The van der Waals surface area contributed by atoms with Crippen molar-refractivity contribution in [3.05, 3.63) is 106 Å². The zero-order valence-electron chi connectivity index (χ0n) is 14.8. The highest BCUT2D eigenvalue weighted by Gasteiger charge is 2.11. The molecule has 0 spiro atoms. The predicted molar refractivity (Wildman–Crippen MR) is 109 cm³/mol. The van der Waals surface area contributed by atoms with Gasteiger partial charge in [0.2, 0.25) is 0 Å². The monoisotopic (exact) mass is 356 g/mol. The molecule has 0 unspecified atom stereocenters. The summed E-state index contributed by atoms with van der Waals surface area (Å²) in [7, 11) is 0. The van der Waals surface area contributed by atoms with Gasteiger partial charge in [0.1, 0.15) is 5.75 Å². The van der Waals surface area contributed by atoms with Gasteiger partial charge in [-0.2, -0.15) is 0 Å². The lowest BCUT2D eigenvalue weighted by atomic mass is 10.1. The topological polar surface area (TPSA) is 56.3 Å². The van der Waals surface area contributed by atoms with Gasteiger partial charge in [0.15, 0.2) is 0 Å². The van der Waals surface area contributed by atoms with E-state index in [4.69, 9.17) is 0 Å². The van der Waals surface area contributed by atoms with Crippen LogP contribution in [0.1, 0.15) is 11.1 Å². The third kappa shape index (κ3) is 3.85. The maximum atomic E-state index is 11.7. The molecule has 0 saturated heterocycles. The second-order valence-corrected chi connectivity index (χ2v) is 6.58. The Labute approximate surface area is 157 Å². The second kappa shape index (κ2) is 7.38. The molecule has 0 atom stereocenters. The first-order valence-corrected chi connectivity index (χ1v) is 8.88. The number of aromatic hydroxyl groups is 1. The Bertz CT molecular complexity index is 1060. The van der Waals surface area contributed by atoms with Crippen LogP contribution < -0.4 is 10.5 Å². The van der Waals surface area contributed by atoms with Crippen molar-refractivity contribution in [1.82, 2.24) is 4.98 Å². The number of fused-ring (bicyclic) bond motifs is 1. The average molecular weight is 356 g/mol. The van der Waals surface area contributed by atoms with Crippen LogP contribution in [0.5, 0.6) is 5.75 Å². The minimum Gasteiger partial charge on any atom is -0.507 e. The van der Waals surface area contributed by atoms with Crippen LogP contribution in [0, 0.1) is 0 Å². The van der Waals surface area contributed by atoms with Crippen molar-refractivity contribution in [2.24, 2.45) is 0 Å². The number of rotatable bonds is 5. The van der Waals surface area contributed by atoms with E-state index in [2.05, 4.69) is 34.1 Å². The molecule has 0 aliphatic rings. The van der Waals surface area contributed by atoms with Gasteiger partial charge < -0.3 is 15.0 Å². The third-order valence-corrected chi connectivity index (χ3v) is 4.60. The maximum Gasteiger partial charge on any atom is 0.252 e. The van der Waals surface area contributed by atoms with Gasteiger partial charge >= 0.3 is 0 Å². The first kappa shape index (κ1) is 16.9. The molecule has 1 aromatic heterocycles. The summed E-state index contributed by atoms with van der Waals surface area (Å²) < 4.78 is 0. The first-order chi connectivity index (χ1) is 13.2. The molecule has 4 nitrogen and oxygen atoms in total. The van der Waals surface area contributed by atoms with E-state index in [0.717, 1.165) is 18.8 Å². The quantitative estimate of drug-likeness (QED) is 0.556. The van der Waals surface area contributed by atoms with Crippen LogP contribution in [0.15, 0.2) is 89.7 Å². The summed E-state index contributed by atoms with van der Waals surface area (Å²) >= 11 is 0. The number of pyridine rings is 1. The minimum atomic E-state index is -0.310. The van der Waals surface area contributed by atoms with Crippen LogP contribution in [0.2, 0.25) is 0 Å². The van der Waals surface area contributed by atoms with Crippen molar-refractivity contribution in [2.75, 3.05) is 4.90 Å². The van der Waals surface area contributed by atoms with E-state index in [-0.39, 0.29) is 11.3 Å². The molecule has 3 aromatic carbocycles. The zero-order valence-corrected chi connectivity index (χ0v) is 14.8. The lowest BCUT2D eigenvalue weighted by Gasteiger charge is -2.25. The van der Waals surface area contributed by atoms with Crippen LogP contribution in [0.4, 0.5) is 5.69 Å². The molecule has 2 N–H and O–H groups in total. The summed E-state index contributed by atoms with van der Waals surface area (Å²) in [5, 5.41) is 10.7. The molecule has 0 amide bonds. The van der Waals surface area contributed by atoms with E-state index in [1.165, 1.54) is 17.2 Å². The molecular formula is C23H20N2O2. The fraction of sp³-hybridized carbons (Fsp3) is 0.0870. The Hall–Kier alpha value is -3.53. The molecular weight excluding hydrogens is 336 g/mol. The van der Waals surface area contributed by atoms with E-state index in [0.29, 0.717) is 10.9 Å². The van der Waals surface area contributed by atoms with Gasteiger partial charge in [0.05, 0.1) is 5.52 Å². The first-order valence-electron chi connectivity index (χ1n) is 8.88. The van der Waals surface area contributed by atoms with E-state index < -0.39 is 0 Å². The number of hydrogen-bond acceptors (Lipinski definition) is 3. The SMILES string of the molecule is O=c1cc(O)c2ccc(N(Cc3ccccc3)Cc3ccccc3)cc2[nH]1. The van der Waals surface area contributed by atoms with Gasteiger partial charge in [-0.15, -0.1) is 0 Å². The summed E-state index contributed by atoms with van der Waals surface area (Å²) in [6.45, 7) is 1.48. The fourth-order valence-electron chi connectivity index (χ4n) is 3.27. The van der Waals surface area contributed by atoms with Crippen molar-refractivity contribution in [3.8, 4) is 5.75 Å². The highest BCUT2D eigenvalue weighted by molar-refractivity contribution is 5.87. The Morgan fingerprint density at radius 2 is 1.37 bits per heavy atom. The Kier molecular flexibility index (Phi) is 4.62. The van der Waals surface area contributed by atoms with Crippen LogP contribution in [0.25, 0.3) is 10.9 Å². The normalized spacial score (nSPS) is 10.8. The second-order valence-electron chi connectivity index (χ2n) is 6.58. The number of aromatic nitrogens is 1. The van der Waals surface area contributed by atoms with E-state index in [9.17, 15) is 9.90 Å².